The van der Waals surface area contributed by atoms with Gasteiger partial charge in [-0.15, -0.1) is 0 Å². The van der Waals surface area contributed by atoms with Gasteiger partial charge in [0.15, 0.2) is 0 Å². The molecule has 1 aliphatic heterocycles. The van der Waals surface area contributed by atoms with Gasteiger partial charge in [0.05, 0.1) is 17.4 Å². The van der Waals surface area contributed by atoms with Crippen LogP contribution in [0.5, 0.6) is 0 Å². The van der Waals surface area contributed by atoms with Crippen molar-refractivity contribution in [1.29, 1.82) is 5.26 Å². The predicted molar refractivity (Wildman–Crippen MR) is 148 cm³/mol. The number of esters is 1. The molecule has 7 nitrogen and oxygen atoms in total. The van der Waals surface area contributed by atoms with Crippen LogP contribution in [-0.4, -0.2) is 29.6 Å². The fraction of sp³-hybridized carbons (Fsp3) is 0.200. The van der Waals surface area contributed by atoms with Gasteiger partial charge in [0, 0.05) is 11.4 Å². The maximum Gasteiger partial charge on any atom is 0.338 e. The van der Waals surface area contributed by atoms with E-state index >= 15 is 0 Å². The van der Waals surface area contributed by atoms with Gasteiger partial charge in [-0.25, -0.2) is 4.79 Å². The standard InChI is InChI=1S/C30H27N3O4S/c1-3-20-12-16-23(17-13-20)32-27(34)25(19-31)29-33(24-8-6-5-7-9-24)28(35)26(38-29)18-21-10-14-22(15-11-21)30(36)37-4-2/h5-17,26H,3-4,18H2,1-2H3,(H,32,34)/b29-25+/t26-/m1/s1. The minimum Gasteiger partial charge on any atom is -0.462 e. The summed E-state index contributed by atoms with van der Waals surface area (Å²) in [6, 6.07) is 25.3. The Hall–Kier alpha value is -4.35. The van der Waals surface area contributed by atoms with Gasteiger partial charge in [-0.05, 0) is 67.3 Å². The molecule has 0 saturated carbocycles. The molecule has 4 rings (SSSR count). The van der Waals surface area contributed by atoms with Crippen molar-refractivity contribution in [2.45, 2.75) is 31.9 Å². The maximum atomic E-state index is 13.6. The highest BCUT2D eigenvalue weighted by Crippen LogP contribution is 2.42. The lowest BCUT2D eigenvalue weighted by molar-refractivity contribution is -0.117. The number of hydrogen-bond acceptors (Lipinski definition) is 6. The summed E-state index contributed by atoms with van der Waals surface area (Å²) in [7, 11) is 0. The lowest BCUT2D eigenvalue weighted by atomic mass is 10.1. The maximum absolute atomic E-state index is 13.6. The summed E-state index contributed by atoms with van der Waals surface area (Å²) in [6.45, 7) is 4.08. The van der Waals surface area contributed by atoms with E-state index in [0.717, 1.165) is 17.5 Å². The first-order chi connectivity index (χ1) is 18.4. The molecule has 0 spiro atoms. The van der Waals surface area contributed by atoms with Crippen LogP contribution in [0, 0.1) is 11.3 Å². The summed E-state index contributed by atoms with van der Waals surface area (Å²) in [4.78, 5) is 40.2. The van der Waals surface area contributed by atoms with E-state index in [0.29, 0.717) is 28.4 Å². The fourth-order valence-corrected chi connectivity index (χ4v) is 5.33. The Morgan fingerprint density at radius 1 is 0.974 bits per heavy atom. The van der Waals surface area contributed by atoms with Crippen molar-refractivity contribution in [2.24, 2.45) is 0 Å². The molecule has 3 aromatic rings. The van der Waals surface area contributed by atoms with Gasteiger partial charge in [-0.2, -0.15) is 5.26 Å². The van der Waals surface area contributed by atoms with Crippen LogP contribution in [0.1, 0.15) is 35.3 Å². The highest BCUT2D eigenvalue weighted by Gasteiger charge is 2.40. The zero-order chi connectivity index (χ0) is 27.1. The van der Waals surface area contributed by atoms with Crippen LogP contribution < -0.4 is 10.2 Å². The van der Waals surface area contributed by atoms with E-state index in [4.69, 9.17) is 4.74 Å². The summed E-state index contributed by atoms with van der Waals surface area (Å²) in [6.07, 6.45) is 1.23. The summed E-state index contributed by atoms with van der Waals surface area (Å²) in [5.41, 5.74) is 3.42. The number of para-hydroxylation sites is 1. The zero-order valence-electron chi connectivity index (χ0n) is 21.1. The molecular weight excluding hydrogens is 498 g/mol. The van der Waals surface area contributed by atoms with Crippen molar-refractivity contribution in [2.75, 3.05) is 16.8 Å². The minimum absolute atomic E-state index is 0.132. The van der Waals surface area contributed by atoms with Crippen LogP contribution in [0.15, 0.2) is 89.5 Å². The Kier molecular flexibility index (Phi) is 8.62. The third kappa shape index (κ3) is 5.96. The number of carbonyl (C=O) groups is 3. The monoisotopic (exact) mass is 525 g/mol. The first-order valence-corrected chi connectivity index (χ1v) is 13.2. The highest BCUT2D eigenvalue weighted by atomic mass is 32.2. The summed E-state index contributed by atoms with van der Waals surface area (Å²) in [5.74, 6) is -1.20. The SMILES string of the molecule is CCOC(=O)c1ccc(C[C@H]2S/C(=C(\C#N)C(=O)Nc3ccc(CC)cc3)N(c3ccccc3)C2=O)cc1. The van der Waals surface area contributed by atoms with Crippen molar-refractivity contribution in [3.63, 3.8) is 0 Å². The van der Waals surface area contributed by atoms with Crippen LogP contribution >= 0.6 is 11.8 Å². The fourth-order valence-electron chi connectivity index (χ4n) is 4.02. The second-order valence-corrected chi connectivity index (χ2v) is 9.73. The van der Waals surface area contributed by atoms with E-state index < -0.39 is 17.1 Å². The van der Waals surface area contributed by atoms with E-state index in [1.807, 2.05) is 31.2 Å². The van der Waals surface area contributed by atoms with E-state index in [1.54, 1.807) is 67.6 Å². The van der Waals surface area contributed by atoms with Crippen molar-refractivity contribution in [3.05, 3.63) is 106 Å². The van der Waals surface area contributed by atoms with Crippen LogP contribution in [0.25, 0.3) is 0 Å². The van der Waals surface area contributed by atoms with Gasteiger partial charge in [-0.3, -0.25) is 14.5 Å². The Bertz CT molecular complexity index is 1390. The molecule has 1 heterocycles. The van der Waals surface area contributed by atoms with Crippen molar-refractivity contribution >= 4 is 40.9 Å². The number of hydrogen-bond donors (Lipinski definition) is 1. The Morgan fingerprint density at radius 3 is 2.24 bits per heavy atom. The molecule has 1 fully saturated rings. The smallest absolute Gasteiger partial charge is 0.338 e. The number of aryl methyl sites for hydroxylation is 1. The molecule has 0 aliphatic carbocycles. The molecule has 1 saturated heterocycles. The van der Waals surface area contributed by atoms with E-state index in [2.05, 4.69) is 5.32 Å². The number of nitriles is 1. The molecule has 1 aliphatic rings. The van der Waals surface area contributed by atoms with Gasteiger partial charge in [0.2, 0.25) is 5.91 Å². The third-order valence-corrected chi connectivity index (χ3v) is 7.29. The van der Waals surface area contributed by atoms with Crippen molar-refractivity contribution in [1.82, 2.24) is 0 Å². The number of rotatable bonds is 8. The van der Waals surface area contributed by atoms with Crippen LogP contribution in [0.3, 0.4) is 0 Å². The molecule has 2 amide bonds. The van der Waals surface area contributed by atoms with Crippen LogP contribution in [0.4, 0.5) is 11.4 Å². The second kappa shape index (κ2) is 12.3. The summed E-state index contributed by atoms with van der Waals surface area (Å²) >= 11 is 1.19. The van der Waals surface area contributed by atoms with Crippen molar-refractivity contribution in [3.8, 4) is 6.07 Å². The molecule has 3 aromatic carbocycles. The van der Waals surface area contributed by atoms with Gasteiger partial charge >= 0.3 is 5.97 Å². The topological polar surface area (TPSA) is 99.5 Å². The number of nitrogens with one attached hydrogen (secondary N) is 1. The number of ether oxygens (including phenoxy) is 1. The number of anilines is 2. The summed E-state index contributed by atoms with van der Waals surface area (Å²) < 4.78 is 5.03. The average Bonchev–Trinajstić information content (AvgIpc) is 3.25. The summed E-state index contributed by atoms with van der Waals surface area (Å²) in [5, 5.41) is 12.5. The molecule has 0 aromatic heterocycles. The third-order valence-electron chi connectivity index (χ3n) is 6.03. The molecule has 0 unspecified atom stereocenters. The van der Waals surface area contributed by atoms with Crippen LogP contribution in [0.2, 0.25) is 0 Å². The molecule has 0 bridgehead atoms. The zero-order valence-corrected chi connectivity index (χ0v) is 22.0. The van der Waals surface area contributed by atoms with Crippen LogP contribution in [-0.2, 0) is 27.2 Å². The normalized spacial score (nSPS) is 16.1. The molecule has 1 atom stereocenters. The predicted octanol–water partition coefficient (Wildman–Crippen LogP) is 5.49. The highest BCUT2D eigenvalue weighted by molar-refractivity contribution is 8.05. The number of amides is 2. The molecule has 0 radical (unpaired) electrons. The number of thioether (sulfide) groups is 1. The van der Waals surface area contributed by atoms with E-state index in [1.165, 1.54) is 16.7 Å². The number of nitrogens with zero attached hydrogens (tertiary/aromatic N) is 2. The molecule has 8 heteroatoms. The molecule has 192 valence electrons. The lowest BCUT2D eigenvalue weighted by Gasteiger charge is -2.18. The lowest BCUT2D eigenvalue weighted by Crippen LogP contribution is -2.30. The Balaban J connectivity index is 1.63. The first kappa shape index (κ1) is 26.7. The minimum atomic E-state index is -0.576. The second-order valence-electron chi connectivity index (χ2n) is 8.53. The number of benzene rings is 3. The van der Waals surface area contributed by atoms with Gasteiger partial charge in [0.1, 0.15) is 16.7 Å². The van der Waals surface area contributed by atoms with Crippen molar-refractivity contribution < 1.29 is 19.1 Å². The molecule has 1 N–H and O–H groups in total. The van der Waals surface area contributed by atoms with Gasteiger partial charge in [-0.1, -0.05) is 61.2 Å². The first-order valence-electron chi connectivity index (χ1n) is 12.3. The van der Waals surface area contributed by atoms with E-state index in [9.17, 15) is 19.6 Å². The molecular formula is C30H27N3O4S. The van der Waals surface area contributed by atoms with E-state index in [-0.39, 0.29) is 18.1 Å². The number of carbonyl (C=O) groups excluding carboxylic acids is 3. The van der Waals surface area contributed by atoms with Gasteiger partial charge < -0.3 is 10.1 Å². The largest absolute Gasteiger partial charge is 0.462 e. The van der Waals surface area contributed by atoms with Gasteiger partial charge in [0.25, 0.3) is 5.91 Å². The molecule has 38 heavy (non-hydrogen) atoms. The average molecular weight is 526 g/mol. The Morgan fingerprint density at radius 2 is 1.63 bits per heavy atom. The quantitative estimate of drug-likeness (QED) is 0.237. The Labute approximate surface area is 226 Å².